The number of nitrogens with one attached hydrogen (secondary N) is 1. The molecule has 0 aliphatic carbocycles. The quantitative estimate of drug-likeness (QED) is 0.124. The first-order chi connectivity index (χ1) is 23.0. The summed E-state index contributed by atoms with van der Waals surface area (Å²) in [6.07, 6.45) is -3.56. The zero-order valence-corrected chi connectivity index (χ0v) is 27.1. The third-order valence-corrected chi connectivity index (χ3v) is 9.48. The van der Waals surface area contributed by atoms with Crippen LogP contribution in [0.3, 0.4) is 0 Å². The van der Waals surface area contributed by atoms with Gasteiger partial charge in [0, 0.05) is 5.39 Å². The van der Waals surface area contributed by atoms with E-state index in [9.17, 15) is 14.5 Å². The molecule has 3 heterocycles. The summed E-state index contributed by atoms with van der Waals surface area (Å²) < 4.78 is 59.9. The molecule has 1 saturated heterocycles. The van der Waals surface area contributed by atoms with Gasteiger partial charge >= 0.3 is 13.7 Å². The summed E-state index contributed by atoms with van der Waals surface area (Å²) in [5.41, 5.74) is 4.81. The van der Waals surface area contributed by atoms with E-state index < -0.39 is 50.5 Å². The maximum absolute atomic E-state index is 15.9. The molecular formula is C32H34FN6O8P. The predicted molar refractivity (Wildman–Crippen MR) is 173 cm³/mol. The number of ether oxygens (including phenoxy) is 3. The number of hydrogen-bond acceptors (Lipinski definition) is 12. The molecule has 2 aromatic heterocycles. The highest BCUT2D eigenvalue weighted by molar-refractivity contribution is 7.52. The summed E-state index contributed by atoms with van der Waals surface area (Å²) in [7, 11) is -3.08. The van der Waals surface area contributed by atoms with Gasteiger partial charge in [0.25, 0.3) is 0 Å². The van der Waals surface area contributed by atoms with Crippen LogP contribution in [0, 0.1) is 0 Å². The lowest BCUT2D eigenvalue weighted by Gasteiger charge is -2.26. The van der Waals surface area contributed by atoms with Crippen LogP contribution in [0.4, 0.5) is 10.3 Å². The highest BCUT2D eigenvalue weighted by Gasteiger charge is 2.55. The van der Waals surface area contributed by atoms with Crippen molar-refractivity contribution in [3.05, 3.63) is 84.7 Å². The highest BCUT2D eigenvalue weighted by Crippen LogP contribution is 2.49. The van der Waals surface area contributed by atoms with Crippen LogP contribution in [0.1, 0.15) is 25.6 Å². The number of methoxy groups -OCH3 is 1. The molecule has 1 aliphatic rings. The van der Waals surface area contributed by atoms with Gasteiger partial charge in [0.15, 0.2) is 23.6 Å². The fourth-order valence-corrected chi connectivity index (χ4v) is 6.91. The van der Waals surface area contributed by atoms with Crippen LogP contribution in [0.25, 0.3) is 21.9 Å². The van der Waals surface area contributed by atoms with Gasteiger partial charge in [-0.2, -0.15) is 15.1 Å². The minimum absolute atomic E-state index is 0.0116. The largest absolute Gasteiger partial charge is 0.479 e. The number of carbonyl (C=O) groups is 1. The number of benzene rings is 3. The zero-order valence-electron chi connectivity index (χ0n) is 26.2. The third-order valence-electron chi connectivity index (χ3n) is 7.85. The number of nitrogen functional groups attached to an aromatic ring is 1. The Morgan fingerprint density at radius 1 is 1.15 bits per heavy atom. The minimum Gasteiger partial charge on any atom is -0.479 e. The van der Waals surface area contributed by atoms with Gasteiger partial charge in [-0.3, -0.25) is 13.9 Å². The predicted octanol–water partition coefficient (Wildman–Crippen LogP) is 4.48. The van der Waals surface area contributed by atoms with Crippen molar-refractivity contribution < 1.29 is 42.1 Å². The Hall–Kier alpha value is -4.66. The van der Waals surface area contributed by atoms with Crippen LogP contribution < -0.4 is 20.1 Å². The number of esters is 1. The van der Waals surface area contributed by atoms with E-state index >= 15 is 4.39 Å². The Morgan fingerprint density at radius 3 is 2.65 bits per heavy atom. The normalized spacial score (nSPS) is 22.7. The molecule has 1 unspecified atom stereocenters. The van der Waals surface area contributed by atoms with Crippen molar-refractivity contribution in [1.29, 1.82) is 0 Å². The smallest absolute Gasteiger partial charge is 0.459 e. The van der Waals surface area contributed by atoms with Crippen molar-refractivity contribution in [3.63, 3.8) is 0 Å². The van der Waals surface area contributed by atoms with E-state index in [1.54, 1.807) is 36.4 Å². The molecule has 0 spiro atoms. The van der Waals surface area contributed by atoms with Gasteiger partial charge in [-0.05, 0) is 30.9 Å². The lowest BCUT2D eigenvalue weighted by molar-refractivity contribution is -0.146. The number of carbonyl (C=O) groups excluding carboxylic acids is 1. The van der Waals surface area contributed by atoms with Crippen LogP contribution >= 0.6 is 7.75 Å². The van der Waals surface area contributed by atoms with E-state index in [1.165, 1.54) is 31.9 Å². The number of nitrogens with zero attached hydrogens (tertiary/aromatic N) is 4. The van der Waals surface area contributed by atoms with Crippen molar-refractivity contribution in [2.45, 2.75) is 50.6 Å². The molecule has 5 aromatic rings. The van der Waals surface area contributed by atoms with Gasteiger partial charge in [-0.15, -0.1) is 0 Å². The maximum Gasteiger partial charge on any atom is 0.459 e. The fraction of sp³-hybridized carbons (Fsp3) is 0.312. The average molecular weight is 681 g/mol. The number of hydrogen-bond donors (Lipinski definition) is 3. The lowest BCUT2D eigenvalue weighted by Crippen LogP contribution is -2.42. The van der Waals surface area contributed by atoms with Crippen molar-refractivity contribution >= 4 is 41.6 Å². The Labute approximate surface area is 274 Å². The highest BCUT2D eigenvalue weighted by atomic mass is 31.2. The lowest BCUT2D eigenvalue weighted by atomic mass is 9.98. The Morgan fingerprint density at radius 2 is 1.88 bits per heavy atom. The summed E-state index contributed by atoms with van der Waals surface area (Å²) >= 11 is 0. The van der Waals surface area contributed by atoms with Crippen molar-refractivity contribution in [2.24, 2.45) is 0 Å². The van der Waals surface area contributed by atoms with Crippen LogP contribution in [0.15, 0.2) is 79.1 Å². The molecule has 252 valence electrons. The van der Waals surface area contributed by atoms with Gasteiger partial charge < -0.3 is 29.6 Å². The maximum atomic E-state index is 15.9. The molecule has 0 amide bonds. The first kappa shape index (κ1) is 33.2. The van der Waals surface area contributed by atoms with Crippen molar-refractivity contribution in [3.8, 4) is 11.6 Å². The second-order valence-electron chi connectivity index (χ2n) is 11.4. The summed E-state index contributed by atoms with van der Waals surface area (Å²) in [5, 5.41) is 15.3. The number of nitrogens with two attached hydrogens (primary N) is 1. The summed E-state index contributed by atoms with van der Waals surface area (Å²) in [6.45, 7) is 2.02. The number of rotatable bonds is 12. The number of halogens is 1. The zero-order chi connectivity index (χ0) is 34.1. The second-order valence-corrected chi connectivity index (χ2v) is 13.1. The van der Waals surface area contributed by atoms with Gasteiger partial charge in [-0.25, -0.2) is 13.9 Å². The molecule has 0 radical (unpaired) electrons. The fourth-order valence-electron chi connectivity index (χ4n) is 5.39. The Kier molecular flexibility index (Phi) is 9.32. The average Bonchev–Trinajstić information content (AvgIpc) is 3.59. The molecule has 6 rings (SSSR count). The van der Waals surface area contributed by atoms with E-state index in [-0.39, 0.29) is 35.3 Å². The van der Waals surface area contributed by atoms with E-state index in [0.717, 1.165) is 10.9 Å². The Bertz CT molecular complexity index is 1970. The molecule has 3 aromatic carbocycles. The topological polar surface area (TPSA) is 182 Å². The number of imidazole rings is 1. The van der Waals surface area contributed by atoms with Crippen LogP contribution in [0.2, 0.25) is 0 Å². The standard InChI is InChI=1S/C32H34FN6O8P/c1-19(29(40)44-16-20-10-5-4-6-11-20)38-48(42,47-23-15-9-13-21-12-7-8-14-22(21)23)45-17-24-26(33)32(2,41)30(46-24)39-18-35-25-27(39)36-31(34)37-28(25)43-3/h4-15,18-19,24,26,30,41H,16-17H2,1-3H3,(H,38,42)(H2,34,36,37)/t19-,24+,26+,30+,32+,48?/m0/s1. The number of aromatic nitrogens is 4. The van der Waals surface area contributed by atoms with E-state index in [4.69, 9.17) is 29.0 Å². The van der Waals surface area contributed by atoms with Gasteiger partial charge in [0.1, 0.15) is 30.1 Å². The summed E-state index contributed by atoms with van der Waals surface area (Å²) in [5.74, 6) is -0.584. The number of anilines is 1. The first-order valence-corrected chi connectivity index (χ1v) is 16.5. The van der Waals surface area contributed by atoms with E-state index in [2.05, 4.69) is 20.0 Å². The number of alkyl halides is 1. The molecular weight excluding hydrogens is 646 g/mol. The van der Waals surface area contributed by atoms with Gasteiger partial charge in [0.2, 0.25) is 11.8 Å². The van der Waals surface area contributed by atoms with Crippen molar-refractivity contribution in [2.75, 3.05) is 19.5 Å². The van der Waals surface area contributed by atoms with E-state index in [0.29, 0.717) is 5.39 Å². The van der Waals surface area contributed by atoms with Gasteiger partial charge in [-0.1, -0.05) is 66.7 Å². The molecule has 4 N–H and O–H groups in total. The molecule has 1 fully saturated rings. The minimum atomic E-state index is -4.46. The first-order valence-electron chi connectivity index (χ1n) is 15.0. The third kappa shape index (κ3) is 6.68. The Balaban J connectivity index is 1.24. The molecule has 0 bridgehead atoms. The van der Waals surface area contributed by atoms with Crippen LogP contribution in [0.5, 0.6) is 11.6 Å². The molecule has 16 heteroatoms. The SMILES string of the molecule is COc1nc(N)nc2c1ncn2[C@@H]1O[C@H](COP(=O)(N[C@@H](C)C(=O)OCc2ccccc2)Oc2cccc3ccccc23)[C@@H](F)[C@@]1(C)O. The van der Waals surface area contributed by atoms with E-state index in [1.807, 2.05) is 36.4 Å². The van der Waals surface area contributed by atoms with Crippen molar-refractivity contribution in [1.82, 2.24) is 24.6 Å². The molecule has 6 atom stereocenters. The summed E-state index contributed by atoms with van der Waals surface area (Å²) in [6, 6.07) is 20.3. The number of aliphatic hydroxyl groups is 1. The number of fused-ring (bicyclic) bond motifs is 2. The van der Waals surface area contributed by atoms with Gasteiger partial charge in [0.05, 0.1) is 20.0 Å². The van der Waals surface area contributed by atoms with Crippen LogP contribution in [-0.4, -0.2) is 68.2 Å². The second kappa shape index (κ2) is 13.5. The molecule has 14 nitrogen and oxygen atoms in total. The molecule has 0 saturated carbocycles. The summed E-state index contributed by atoms with van der Waals surface area (Å²) in [4.78, 5) is 25.3. The monoisotopic (exact) mass is 680 g/mol. The molecule has 1 aliphatic heterocycles. The molecule has 48 heavy (non-hydrogen) atoms. The van der Waals surface area contributed by atoms with Crippen LogP contribution in [-0.2, 0) is 30.0 Å².